The van der Waals surface area contributed by atoms with Crippen LogP contribution in [0.2, 0.25) is 0 Å². The van der Waals surface area contributed by atoms with E-state index in [4.69, 9.17) is 21.1 Å². The number of aliphatic imine (C=N–C) groups is 1. The van der Waals surface area contributed by atoms with Crippen molar-refractivity contribution in [2.24, 2.45) is 16.6 Å². The van der Waals surface area contributed by atoms with E-state index in [1.807, 2.05) is 11.8 Å². The number of anilines is 2. The lowest BCUT2D eigenvalue weighted by molar-refractivity contribution is -0.137. The molecule has 0 bridgehead atoms. The fourth-order valence-corrected chi connectivity index (χ4v) is 3.80. The largest absolute Gasteiger partial charge is 0.501 e. The molecule has 41 heavy (non-hydrogen) atoms. The van der Waals surface area contributed by atoms with Gasteiger partial charge in [0, 0.05) is 35.6 Å². The summed E-state index contributed by atoms with van der Waals surface area (Å²) in [4.78, 5) is 18.9. The van der Waals surface area contributed by atoms with Gasteiger partial charge in [-0.25, -0.2) is 5.84 Å². The Kier molecular flexibility index (Phi) is 11.5. The number of halogens is 3. The Labute approximate surface area is 238 Å². The molecule has 0 saturated heterocycles. The van der Waals surface area contributed by atoms with E-state index in [9.17, 15) is 18.0 Å². The number of methoxy groups -OCH3 is 2. The number of nitrogens with zero attached hydrogens (tertiary/aromatic N) is 3. The zero-order chi connectivity index (χ0) is 30.9. The topological polar surface area (TPSA) is 118 Å². The summed E-state index contributed by atoms with van der Waals surface area (Å²) in [6, 6.07) is 6.60. The molecule has 0 saturated carbocycles. The minimum Gasteiger partial charge on any atom is -0.501 e. The molecule has 0 heterocycles. The number of allylic oxidation sites excluding steroid dienone is 2. The van der Waals surface area contributed by atoms with E-state index >= 15 is 0 Å². The Balaban J connectivity index is 2.49. The lowest BCUT2D eigenvalue weighted by Gasteiger charge is -2.22. The van der Waals surface area contributed by atoms with E-state index in [0.717, 1.165) is 12.1 Å². The summed E-state index contributed by atoms with van der Waals surface area (Å²) in [5.74, 6) is 6.34. The fourth-order valence-electron chi connectivity index (χ4n) is 3.80. The van der Waals surface area contributed by atoms with Gasteiger partial charge >= 0.3 is 6.18 Å². The predicted octanol–water partition coefficient (Wildman–Crippen LogP) is 5.34. The summed E-state index contributed by atoms with van der Waals surface area (Å²) < 4.78 is 51.8. The molecule has 12 heteroatoms. The van der Waals surface area contributed by atoms with Crippen LogP contribution in [0.3, 0.4) is 0 Å². The van der Waals surface area contributed by atoms with Gasteiger partial charge in [0.2, 0.25) is 0 Å². The lowest BCUT2D eigenvalue weighted by Crippen LogP contribution is -2.27. The number of nitrogens with two attached hydrogens (primary N) is 2. The molecule has 0 aliphatic heterocycles. The van der Waals surface area contributed by atoms with Crippen LogP contribution in [0.4, 0.5) is 24.5 Å². The maximum absolute atomic E-state index is 13.7. The summed E-state index contributed by atoms with van der Waals surface area (Å²) in [5, 5.41) is 3.81. The normalized spacial score (nSPS) is 12.8. The second-order valence-electron chi connectivity index (χ2n) is 9.22. The van der Waals surface area contributed by atoms with Crippen molar-refractivity contribution in [1.29, 1.82) is 0 Å². The predicted molar refractivity (Wildman–Crippen MR) is 156 cm³/mol. The molecule has 0 aliphatic rings. The Bertz CT molecular complexity index is 1350. The van der Waals surface area contributed by atoms with E-state index in [2.05, 4.69) is 17.0 Å². The molecular weight excluding hydrogens is 537 g/mol. The highest BCUT2D eigenvalue weighted by Gasteiger charge is 2.33. The highest BCUT2D eigenvalue weighted by molar-refractivity contribution is 6.06. The number of nitrogens with one attached hydrogen (secondary N) is 1. The van der Waals surface area contributed by atoms with Crippen LogP contribution in [-0.4, -0.2) is 45.3 Å². The Morgan fingerprint density at radius 3 is 2.46 bits per heavy atom. The summed E-state index contributed by atoms with van der Waals surface area (Å²) in [6.45, 7) is 9.64. The SMILES string of the molecule is C=N/C=C(\C=C(/C)OC)C(/N)=C/N(N)c1cc(C(=O)Nc2cc(C(F)(F)F)cc(CN(C)CC)c2OC)ccc1C. The number of benzene rings is 2. The van der Waals surface area contributed by atoms with Crippen LogP contribution in [0.25, 0.3) is 0 Å². The monoisotopic (exact) mass is 574 g/mol. The molecule has 5 N–H and O–H groups in total. The lowest BCUT2D eigenvalue weighted by atomic mass is 10.1. The van der Waals surface area contributed by atoms with Gasteiger partial charge in [-0.05, 0) is 70.1 Å². The van der Waals surface area contributed by atoms with Gasteiger partial charge < -0.3 is 25.4 Å². The number of carbonyl (C=O) groups excluding carboxylic acids is 1. The van der Waals surface area contributed by atoms with Crippen LogP contribution in [0, 0.1) is 6.92 Å². The van der Waals surface area contributed by atoms with Crippen LogP contribution in [0.15, 0.2) is 70.8 Å². The highest BCUT2D eigenvalue weighted by atomic mass is 19.4. The van der Waals surface area contributed by atoms with Gasteiger partial charge in [-0.3, -0.25) is 14.8 Å². The summed E-state index contributed by atoms with van der Waals surface area (Å²) >= 11 is 0. The Morgan fingerprint density at radius 1 is 1.22 bits per heavy atom. The van der Waals surface area contributed by atoms with E-state index in [1.165, 1.54) is 37.7 Å². The summed E-state index contributed by atoms with van der Waals surface area (Å²) in [6.07, 6.45) is -0.0964. The second kappa shape index (κ2) is 14.4. The molecule has 2 rings (SSSR count). The van der Waals surface area contributed by atoms with Gasteiger partial charge in [0.25, 0.3) is 5.91 Å². The van der Waals surface area contributed by atoms with E-state index in [1.54, 1.807) is 39.1 Å². The van der Waals surface area contributed by atoms with Crippen molar-refractivity contribution in [2.45, 2.75) is 33.5 Å². The molecule has 222 valence electrons. The summed E-state index contributed by atoms with van der Waals surface area (Å²) in [7, 11) is 4.63. The van der Waals surface area contributed by atoms with Gasteiger partial charge in [-0.2, -0.15) is 13.2 Å². The third kappa shape index (κ3) is 8.85. The number of amides is 1. The van der Waals surface area contributed by atoms with Crippen LogP contribution in [0.1, 0.15) is 40.9 Å². The number of hydrogen-bond donors (Lipinski definition) is 3. The maximum Gasteiger partial charge on any atom is 0.416 e. The van der Waals surface area contributed by atoms with E-state index in [-0.39, 0.29) is 34.8 Å². The van der Waals surface area contributed by atoms with Crippen molar-refractivity contribution in [3.63, 3.8) is 0 Å². The number of hydrazine groups is 1. The first-order valence-corrected chi connectivity index (χ1v) is 12.5. The fraction of sp³-hybridized carbons (Fsp3) is 0.310. The average molecular weight is 575 g/mol. The van der Waals surface area contributed by atoms with E-state index in [0.29, 0.717) is 29.1 Å². The minimum absolute atomic E-state index is 0.102. The smallest absolute Gasteiger partial charge is 0.416 e. The van der Waals surface area contributed by atoms with Crippen molar-refractivity contribution in [1.82, 2.24) is 4.90 Å². The van der Waals surface area contributed by atoms with Crippen molar-refractivity contribution in [3.05, 3.63) is 88.1 Å². The van der Waals surface area contributed by atoms with Gasteiger partial charge in [0.15, 0.2) is 0 Å². The number of ether oxygens (including phenoxy) is 2. The molecule has 0 aromatic heterocycles. The number of carbonyl (C=O) groups is 1. The Hall–Kier alpha value is -4.29. The zero-order valence-electron chi connectivity index (χ0n) is 24.1. The van der Waals surface area contributed by atoms with Crippen molar-refractivity contribution >= 4 is 24.0 Å². The molecule has 0 fully saturated rings. The third-order valence-electron chi connectivity index (χ3n) is 6.20. The van der Waals surface area contributed by atoms with Crippen LogP contribution < -0.4 is 26.6 Å². The summed E-state index contributed by atoms with van der Waals surface area (Å²) in [5.41, 5.74) is 7.54. The molecular formula is C29H37F3N6O3. The van der Waals surface area contributed by atoms with Crippen LogP contribution >= 0.6 is 0 Å². The van der Waals surface area contributed by atoms with Crippen molar-refractivity contribution in [3.8, 4) is 5.75 Å². The number of aryl methyl sites for hydroxylation is 1. The minimum atomic E-state index is -4.62. The zero-order valence-corrected chi connectivity index (χ0v) is 24.1. The van der Waals surface area contributed by atoms with Crippen molar-refractivity contribution in [2.75, 3.05) is 38.1 Å². The molecule has 1 amide bonds. The van der Waals surface area contributed by atoms with E-state index < -0.39 is 17.6 Å². The molecule has 0 unspecified atom stereocenters. The van der Waals surface area contributed by atoms with Gasteiger partial charge in [-0.15, -0.1) is 0 Å². The highest BCUT2D eigenvalue weighted by Crippen LogP contribution is 2.38. The number of hydrogen-bond acceptors (Lipinski definition) is 8. The van der Waals surface area contributed by atoms with Crippen LogP contribution in [0.5, 0.6) is 5.75 Å². The van der Waals surface area contributed by atoms with Crippen molar-refractivity contribution < 1.29 is 27.4 Å². The molecule has 2 aromatic rings. The first-order valence-electron chi connectivity index (χ1n) is 12.5. The first kappa shape index (κ1) is 32.9. The van der Waals surface area contributed by atoms with Crippen LogP contribution in [-0.2, 0) is 17.5 Å². The van der Waals surface area contributed by atoms with Gasteiger partial charge in [-0.1, -0.05) is 13.0 Å². The molecule has 0 aliphatic carbocycles. The van der Waals surface area contributed by atoms with Gasteiger partial charge in [0.05, 0.1) is 42.6 Å². The number of rotatable bonds is 12. The molecule has 2 aromatic carbocycles. The average Bonchev–Trinajstić information content (AvgIpc) is 2.91. The molecule has 9 nitrogen and oxygen atoms in total. The molecule has 0 spiro atoms. The standard InChI is InChI=1S/C29H37F3N6O3/c1-8-37(5)16-22-12-23(29(30,31)32)14-25(27(22)41-7)36-28(39)20-10-9-18(2)26(13-20)38(34)17-24(33)21(15-35-4)11-19(3)40-6/h9-15,17H,4,8,16,33-34H2,1-3,5-7H3,(H,36,39)/b19-11+,21-15+,24-17-. The first-order chi connectivity index (χ1) is 19.2. The van der Waals surface area contributed by atoms with Gasteiger partial charge in [0.1, 0.15) is 5.75 Å². The molecule has 0 radical (unpaired) electrons. The third-order valence-corrected chi connectivity index (χ3v) is 6.20. The second-order valence-corrected chi connectivity index (χ2v) is 9.22. The Morgan fingerprint density at radius 2 is 1.90 bits per heavy atom. The quantitative estimate of drug-likeness (QED) is 0.103. The number of alkyl halides is 3. The maximum atomic E-state index is 13.7. The molecule has 0 atom stereocenters.